The smallest absolute Gasteiger partial charge is 0.433 e. The Morgan fingerprint density at radius 3 is 2.61 bits per heavy atom. The third-order valence-corrected chi connectivity index (χ3v) is 5.97. The van der Waals surface area contributed by atoms with Crippen LogP contribution in [0.2, 0.25) is 0 Å². The number of ether oxygens (including phenoxy) is 2. The van der Waals surface area contributed by atoms with Gasteiger partial charge in [0, 0.05) is 18.2 Å². The van der Waals surface area contributed by atoms with Crippen molar-refractivity contribution in [3.63, 3.8) is 0 Å². The van der Waals surface area contributed by atoms with Crippen molar-refractivity contribution in [1.29, 1.82) is 0 Å². The van der Waals surface area contributed by atoms with Crippen LogP contribution in [0.1, 0.15) is 12.1 Å². The molecule has 9 nitrogen and oxygen atoms in total. The van der Waals surface area contributed by atoms with Gasteiger partial charge in [0.25, 0.3) is 0 Å². The van der Waals surface area contributed by atoms with Gasteiger partial charge >= 0.3 is 6.18 Å². The summed E-state index contributed by atoms with van der Waals surface area (Å²) in [5, 5.41) is 1.42. The van der Waals surface area contributed by atoms with E-state index < -0.39 is 44.9 Å². The Kier molecular flexibility index (Phi) is 5.89. The second-order valence-corrected chi connectivity index (χ2v) is 8.85. The number of benzene rings is 1. The van der Waals surface area contributed by atoms with E-state index in [2.05, 4.69) is 20.3 Å². The molecular weight excluding hydrogens is 465 g/mol. The fraction of sp³-hybridized carbons (Fsp3) is 0.200. The lowest BCUT2D eigenvalue weighted by molar-refractivity contribution is -0.141. The van der Waals surface area contributed by atoms with Crippen molar-refractivity contribution in [2.75, 3.05) is 17.9 Å². The summed E-state index contributed by atoms with van der Waals surface area (Å²) >= 11 is 0. The molecule has 3 aromatic rings. The minimum Gasteiger partial charge on any atom is -0.454 e. The van der Waals surface area contributed by atoms with Crippen LogP contribution in [0, 0.1) is 0 Å². The maximum Gasteiger partial charge on any atom is 0.433 e. The lowest BCUT2D eigenvalue weighted by Crippen LogP contribution is -2.20. The van der Waals surface area contributed by atoms with Crippen LogP contribution in [-0.4, -0.2) is 41.8 Å². The molecular formula is C20H15F3N4O5S. The number of fused-ring (bicyclic) bond motifs is 1. The molecule has 0 radical (unpaired) electrons. The summed E-state index contributed by atoms with van der Waals surface area (Å²) in [6, 6.07) is 8.05. The molecule has 1 aliphatic heterocycles. The summed E-state index contributed by atoms with van der Waals surface area (Å²) in [5.41, 5.74) is -1.17. The van der Waals surface area contributed by atoms with Crippen LogP contribution in [0.3, 0.4) is 0 Å². The molecule has 0 fully saturated rings. The number of amides is 1. The Bertz CT molecular complexity index is 1300. The number of hydrogen-bond donors (Lipinski definition) is 1. The highest BCUT2D eigenvalue weighted by atomic mass is 32.2. The number of halogens is 3. The lowest BCUT2D eigenvalue weighted by Gasteiger charge is -2.11. The first-order valence-electron chi connectivity index (χ1n) is 9.41. The molecule has 2 aromatic heterocycles. The van der Waals surface area contributed by atoms with E-state index in [4.69, 9.17) is 9.47 Å². The van der Waals surface area contributed by atoms with E-state index in [1.165, 1.54) is 30.6 Å². The number of carbonyl (C=O) groups is 1. The third kappa shape index (κ3) is 5.19. The quantitative estimate of drug-likeness (QED) is 0.535. The molecule has 3 heterocycles. The maximum absolute atomic E-state index is 13.4. The molecule has 0 saturated carbocycles. The van der Waals surface area contributed by atoms with Gasteiger partial charge in [0.2, 0.25) is 27.7 Å². The van der Waals surface area contributed by atoms with E-state index in [1.807, 2.05) is 0 Å². The molecule has 13 heteroatoms. The number of anilines is 1. The van der Waals surface area contributed by atoms with Gasteiger partial charge in [-0.15, -0.1) is 0 Å². The number of sulfone groups is 1. The monoisotopic (exact) mass is 480 g/mol. The van der Waals surface area contributed by atoms with Gasteiger partial charge in [0.15, 0.2) is 11.5 Å². The number of hydrogen-bond acceptors (Lipinski definition) is 8. The van der Waals surface area contributed by atoms with Crippen LogP contribution < -0.4 is 14.8 Å². The minimum absolute atomic E-state index is 0.0445. The summed E-state index contributed by atoms with van der Waals surface area (Å²) in [7, 11) is -4.43. The number of nitrogens with zero attached hydrogens (tertiary/aromatic N) is 3. The average Bonchev–Trinajstić information content (AvgIpc) is 3.25. The Hall–Kier alpha value is -3.74. The van der Waals surface area contributed by atoms with E-state index in [1.54, 1.807) is 12.1 Å². The van der Waals surface area contributed by atoms with E-state index in [0.717, 1.165) is 0 Å². The Labute approximate surface area is 185 Å². The Morgan fingerprint density at radius 1 is 1.09 bits per heavy atom. The van der Waals surface area contributed by atoms with Crippen molar-refractivity contribution in [2.45, 2.75) is 17.8 Å². The van der Waals surface area contributed by atoms with Gasteiger partial charge in [-0.25, -0.2) is 18.4 Å². The van der Waals surface area contributed by atoms with Gasteiger partial charge in [-0.1, -0.05) is 0 Å². The van der Waals surface area contributed by atoms with Gasteiger partial charge in [-0.3, -0.25) is 9.78 Å². The van der Waals surface area contributed by atoms with E-state index >= 15 is 0 Å². The molecule has 0 bridgehead atoms. The van der Waals surface area contributed by atoms with E-state index in [-0.39, 0.29) is 23.8 Å². The number of aromatic nitrogens is 3. The zero-order valence-electron chi connectivity index (χ0n) is 16.7. The van der Waals surface area contributed by atoms with Crippen molar-refractivity contribution < 1.29 is 35.9 Å². The van der Waals surface area contributed by atoms with Crippen LogP contribution in [0.4, 0.5) is 18.9 Å². The van der Waals surface area contributed by atoms with Crippen LogP contribution >= 0.6 is 0 Å². The molecule has 0 unspecified atom stereocenters. The number of carbonyl (C=O) groups excluding carboxylic acids is 1. The average molecular weight is 480 g/mol. The number of alkyl halides is 3. The predicted octanol–water partition coefficient (Wildman–Crippen LogP) is 3.09. The fourth-order valence-electron chi connectivity index (χ4n) is 2.89. The van der Waals surface area contributed by atoms with Crippen molar-refractivity contribution in [3.8, 4) is 22.8 Å². The number of rotatable bonds is 6. The zero-order chi connectivity index (χ0) is 23.6. The molecule has 172 valence electrons. The van der Waals surface area contributed by atoms with E-state index in [9.17, 15) is 26.4 Å². The van der Waals surface area contributed by atoms with Gasteiger partial charge < -0.3 is 14.8 Å². The summed E-state index contributed by atoms with van der Waals surface area (Å²) < 4.78 is 76.1. The molecule has 33 heavy (non-hydrogen) atoms. The van der Waals surface area contributed by atoms with Crippen molar-refractivity contribution >= 4 is 21.4 Å². The first kappa shape index (κ1) is 22.5. The molecule has 1 amide bonds. The molecule has 0 aliphatic carbocycles. The Balaban J connectivity index is 1.61. The summed E-state index contributed by atoms with van der Waals surface area (Å²) in [4.78, 5) is 22.9. The van der Waals surface area contributed by atoms with Crippen LogP contribution in [-0.2, 0) is 20.8 Å². The normalized spacial score (nSPS) is 13.1. The van der Waals surface area contributed by atoms with Crippen molar-refractivity contribution in [1.82, 2.24) is 15.0 Å². The van der Waals surface area contributed by atoms with Crippen LogP contribution in [0.25, 0.3) is 11.3 Å². The maximum atomic E-state index is 13.4. The van der Waals surface area contributed by atoms with Gasteiger partial charge in [-0.2, -0.15) is 13.2 Å². The summed E-state index contributed by atoms with van der Waals surface area (Å²) in [5.74, 6) is -0.761. The van der Waals surface area contributed by atoms with Gasteiger partial charge in [-0.05, 0) is 36.4 Å². The minimum atomic E-state index is -4.92. The molecule has 1 N–H and O–H groups in total. The predicted molar refractivity (Wildman–Crippen MR) is 108 cm³/mol. The highest BCUT2D eigenvalue weighted by Crippen LogP contribution is 2.37. The van der Waals surface area contributed by atoms with E-state index in [0.29, 0.717) is 17.5 Å². The molecule has 0 atom stereocenters. The second kappa shape index (κ2) is 8.65. The summed E-state index contributed by atoms with van der Waals surface area (Å²) in [6.45, 7) is -0.0445. The molecule has 1 aromatic carbocycles. The largest absolute Gasteiger partial charge is 0.454 e. The van der Waals surface area contributed by atoms with Crippen molar-refractivity contribution in [2.24, 2.45) is 0 Å². The number of pyridine rings is 1. The second-order valence-electron chi connectivity index (χ2n) is 6.85. The molecule has 0 saturated heterocycles. The topological polar surface area (TPSA) is 120 Å². The lowest BCUT2D eigenvalue weighted by atomic mass is 10.1. The molecule has 1 aliphatic rings. The summed E-state index contributed by atoms with van der Waals surface area (Å²) in [6.07, 6.45) is -2.59. The van der Waals surface area contributed by atoms with Crippen LogP contribution in [0.15, 0.2) is 53.9 Å². The molecule has 4 rings (SSSR count). The van der Waals surface area contributed by atoms with Crippen LogP contribution in [0.5, 0.6) is 11.5 Å². The zero-order valence-corrected chi connectivity index (χ0v) is 17.5. The first-order valence-corrected chi connectivity index (χ1v) is 11.1. The fourth-order valence-corrected chi connectivity index (χ4v) is 4.00. The van der Waals surface area contributed by atoms with Crippen molar-refractivity contribution in [3.05, 3.63) is 54.5 Å². The number of nitrogens with one attached hydrogen (secondary N) is 1. The van der Waals surface area contributed by atoms with Gasteiger partial charge in [0.05, 0.1) is 23.3 Å². The standard InChI is InChI=1S/C20H15F3N4O5S/c21-20(22,23)17-9-14(12-3-4-15-16(8-12)32-11-31-15)26-19(27-17)33(29,30)7-5-18(28)25-13-2-1-6-24-10-13/h1-4,6,8-10H,5,7,11H2,(H,25,28). The Morgan fingerprint density at radius 2 is 1.88 bits per heavy atom. The SMILES string of the molecule is O=C(CCS(=O)(=O)c1nc(-c2ccc3c(c2)OCO3)cc(C(F)(F)F)n1)Nc1cccnc1. The highest BCUT2D eigenvalue weighted by molar-refractivity contribution is 7.91. The first-order chi connectivity index (χ1) is 15.6. The highest BCUT2D eigenvalue weighted by Gasteiger charge is 2.35. The molecule has 0 spiro atoms. The third-order valence-electron chi connectivity index (χ3n) is 4.49. The van der Waals surface area contributed by atoms with Gasteiger partial charge in [0.1, 0.15) is 5.69 Å².